The lowest BCUT2D eigenvalue weighted by Gasteiger charge is -2.31. The van der Waals surface area contributed by atoms with E-state index in [9.17, 15) is 19.5 Å². The van der Waals surface area contributed by atoms with E-state index in [-0.39, 0.29) is 17.9 Å². The molecule has 0 saturated carbocycles. The van der Waals surface area contributed by atoms with Crippen LogP contribution in [0.25, 0.3) is 0 Å². The number of phenols is 1. The summed E-state index contributed by atoms with van der Waals surface area (Å²) >= 11 is 0. The fourth-order valence-corrected chi connectivity index (χ4v) is 2.72. The molecule has 6 heteroatoms. The molecule has 23 heavy (non-hydrogen) atoms. The molecule has 1 aliphatic rings. The Labute approximate surface area is 132 Å². The van der Waals surface area contributed by atoms with E-state index in [1.54, 1.807) is 42.5 Å². The first-order valence-electron chi connectivity index (χ1n) is 7.01. The van der Waals surface area contributed by atoms with Crippen molar-refractivity contribution in [3.63, 3.8) is 0 Å². The number of amides is 3. The summed E-state index contributed by atoms with van der Waals surface area (Å²) in [6.07, 6.45) is 0. The van der Waals surface area contributed by atoms with Gasteiger partial charge in [-0.05, 0) is 17.7 Å². The van der Waals surface area contributed by atoms with Gasteiger partial charge in [-0.25, -0.2) is 0 Å². The minimum Gasteiger partial charge on any atom is -0.508 e. The minimum atomic E-state index is -1.20. The number of nitrogens with zero attached hydrogens (tertiary/aromatic N) is 1. The molecule has 1 unspecified atom stereocenters. The lowest BCUT2D eigenvalue weighted by Crippen LogP contribution is -2.47. The average molecular weight is 310 g/mol. The Bertz CT molecular complexity index is 816. The highest BCUT2D eigenvalue weighted by Crippen LogP contribution is 2.31. The topological polar surface area (TPSA) is 101 Å². The zero-order valence-electron chi connectivity index (χ0n) is 12.1. The van der Waals surface area contributed by atoms with Gasteiger partial charge in [-0.3, -0.25) is 19.3 Å². The summed E-state index contributed by atoms with van der Waals surface area (Å²) in [6.45, 7) is -0.123. The molecule has 3 rings (SSSR count). The van der Waals surface area contributed by atoms with Gasteiger partial charge in [0.1, 0.15) is 11.7 Å². The number of carbonyl (C=O) groups excluding carboxylic acids is 3. The number of phenolic OH excluding ortho intramolecular Hbond substituents is 1. The molecule has 1 heterocycles. The third-order valence-electron chi connectivity index (χ3n) is 3.86. The van der Waals surface area contributed by atoms with Gasteiger partial charge < -0.3 is 10.8 Å². The van der Waals surface area contributed by atoms with Gasteiger partial charge in [-0.2, -0.15) is 0 Å². The molecule has 2 aromatic rings. The summed E-state index contributed by atoms with van der Waals surface area (Å²) < 4.78 is 0. The van der Waals surface area contributed by atoms with Crippen LogP contribution in [0.3, 0.4) is 0 Å². The predicted octanol–water partition coefficient (Wildman–Crippen LogP) is 1.14. The molecule has 0 spiro atoms. The number of carbonyl (C=O) groups is 3. The van der Waals surface area contributed by atoms with Crippen molar-refractivity contribution in [3.05, 3.63) is 65.2 Å². The van der Waals surface area contributed by atoms with Gasteiger partial charge in [0.25, 0.3) is 5.91 Å². The molecule has 0 aromatic heterocycles. The average Bonchev–Trinajstić information content (AvgIpc) is 2.53. The van der Waals surface area contributed by atoms with Crippen LogP contribution in [0.15, 0.2) is 48.5 Å². The van der Waals surface area contributed by atoms with Crippen molar-refractivity contribution in [2.24, 2.45) is 5.73 Å². The van der Waals surface area contributed by atoms with E-state index in [1.807, 2.05) is 0 Å². The lowest BCUT2D eigenvalue weighted by molar-refractivity contribution is -0.136. The van der Waals surface area contributed by atoms with Crippen molar-refractivity contribution in [3.8, 4) is 5.75 Å². The summed E-state index contributed by atoms with van der Waals surface area (Å²) in [6, 6.07) is 12.8. The standard InChI is InChI=1S/C17H14N2O4/c18-15(21)14-11-6-2-3-7-12(11)16(22)19(17(14)23)9-10-5-1-4-8-13(10)20/h1-8,14,20H,9H2,(H2,18,21). The van der Waals surface area contributed by atoms with E-state index in [0.717, 1.165) is 4.90 Å². The van der Waals surface area contributed by atoms with Crippen molar-refractivity contribution < 1.29 is 19.5 Å². The number of rotatable bonds is 3. The van der Waals surface area contributed by atoms with Gasteiger partial charge in [0.05, 0.1) is 6.54 Å². The highest BCUT2D eigenvalue weighted by molar-refractivity contribution is 6.18. The second-order valence-corrected chi connectivity index (χ2v) is 5.28. The fraction of sp³-hybridized carbons (Fsp3) is 0.118. The van der Waals surface area contributed by atoms with Crippen molar-refractivity contribution >= 4 is 17.7 Å². The van der Waals surface area contributed by atoms with Crippen LogP contribution in [-0.2, 0) is 16.1 Å². The van der Waals surface area contributed by atoms with Gasteiger partial charge in [0, 0.05) is 11.1 Å². The summed E-state index contributed by atoms with van der Waals surface area (Å²) in [5, 5.41) is 9.84. The molecule has 6 nitrogen and oxygen atoms in total. The number of primary amides is 1. The molecule has 1 aliphatic heterocycles. The predicted molar refractivity (Wildman–Crippen MR) is 81.4 cm³/mol. The third kappa shape index (κ3) is 2.44. The molecule has 0 bridgehead atoms. The molecule has 3 N–H and O–H groups in total. The van der Waals surface area contributed by atoms with Crippen molar-refractivity contribution in [2.75, 3.05) is 0 Å². The Hall–Kier alpha value is -3.15. The van der Waals surface area contributed by atoms with Crippen molar-refractivity contribution in [2.45, 2.75) is 12.5 Å². The SMILES string of the molecule is NC(=O)C1C(=O)N(Cc2ccccc2O)C(=O)c2ccccc21. The van der Waals surface area contributed by atoms with Crippen LogP contribution in [0.5, 0.6) is 5.75 Å². The summed E-state index contributed by atoms with van der Waals surface area (Å²) in [5.41, 5.74) is 6.36. The molecule has 2 aromatic carbocycles. The second kappa shape index (κ2) is 5.57. The Kier molecular flexibility index (Phi) is 3.57. The molecule has 1 atom stereocenters. The number of fused-ring (bicyclic) bond motifs is 1. The molecule has 0 aliphatic carbocycles. The van der Waals surface area contributed by atoms with Crippen LogP contribution >= 0.6 is 0 Å². The largest absolute Gasteiger partial charge is 0.508 e. The molecule has 3 amide bonds. The Balaban J connectivity index is 2.05. The zero-order valence-corrected chi connectivity index (χ0v) is 12.1. The number of benzene rings is 2. The van der Waals surface area contributed by atoms with Crippen LogP contribution in [-0.4, -0.2) is 27.7 Å². The molecular weight excluding hydrogens is 296 g/mol. The normalized spacial score (nSPS) is 17.0. The van der Waals surface area contributed by atoms with Crippen LogP contribution in [0.2, 0.25) is 0 Å². The molecule has 116 valence electrons. The summed E-state index contributed by atoms with van der Waals surface area (Å²) in [7, 11) is 0. The van der Waals surface area contributed by atoms with E-state index < -0.39 is 23.6 Å². The van der Waals surface area contributed by atoms with E-state index in [2.05, 4.69) is 0 Å². The smallest absolute Gasteiger partial charge is 0.261 e. The first-order chi connectivity index (χ1) is 11.0. The molecular formula is C17H14N2O4. The number of hydrogen-bond acceptors (Lipinski definition) is 4. The van der Waals surface area contributed by atoms with Gasteiger partial charge >= 0.3 is 0 Å². The number of aromatic hydroxyl groups is 1. The van der Waals surface area contributed by atoms with E-state index in [0.29, 0.717) is 11.1 Å². The Morgan fingerprint density at radius 2 is 1.74 bits per heavy atom. The fourth-order valence-electron chi connectivity index (χ4n) is 2.72. The molecule has 0 saturated heterocycles. The number of para-hydroxylation sites is 1. The Morgan fingerprint density at radius 1 is 1.09 bits per heavy atom. The first kappa shape index (κ1) is 14.8. The summed E-state index contributed by atoms with van der Waals surface area (Å²) in [5.74, 6) is -3.22. The second-order valence-electron chi connectivity index (χ2n) is 5.28. The van der Waals surface area contributed by atoms with Gasteiger partial charge in [-0.1, -0.05) is 36.4 Å². The lowest BCUT2D eigenvalue weighted by atomic mass is 9.87. The monoisotopic (exact) mass is 310 g/mol. The molecule has 0 fully saturated rings. The van der Waals surface area contributed by atoms with E-state index in [1.165, 1.54) is 6.07 Å². The van der Waals surface area contributed by atoms with Gasteiger partial charge in [0.2, 0.25) is 11.8 Å². The third-order valence-corrected chi connectivity index (χ3v) is 3.86. The Morgan fingerprint density at radius 3 is 2.43 bits per heavy atom. The maximum atomic E-state index is 12.6. The van der Waals surface area contributed by atoms with E-state index >= 15 is 0 Å². The van der Waals surface area contributed by atoms with Crippen LogP contribution in [0.4, 0.5) is 0 Å². The van der Waals surface area contributed by atoms with Gasteiger partial charge in [0.15, 0.2) is 0 Å². The zero-order chi connectivity index (χ0) is 16.6. The van der Waals surface area contributed by atoms with Gasteiger partial charge in [-0.15, -0.1) is 0 Å². The van der Waals surface area contributed by atoms with Crippen LogP contribution in [0, 0.1) is 0 Å². The van der Waals surface area contributed by atoms with Crippen LogP contribution in [0.1, 0.15) is 27.4 Å². The van der Waals surface area contributed by atoms with Crippen molar-refractivity contribution in [1.82, 2.24) is 4.90 Å². The summed E-state index contributed by atoms with van der Waals surface area (Å²) in [4.78, 5) is 37.8. The maximum Gasteiger partial charge on any atom is 0.261 e. The number of hydrogen-bond donors (Lipinski definition) is 2. The number of imide groups is 1. The van der Waals surface area contributed by atoms with Crippen molar-refractivity contribution in [1.29, 1.82) is 0 Å². The highest BCUT2D eigenvalue weighted by atomic mass is 16.3. The first-order valence-corrected chi connectivity index (χ1v) is 7.01. The van der Waals surface area contributed by atoms with E-state index in [4.69, 9.17) is 5.73 Å². The quantitative estimate of drug-likeness (QED) is 0.656. The molecule has 0 radical (unpaired) electrons. The van der Waals surface area contributed by atoms with Crippen LogP contribution < -0.4 is 5.73 Å². The maximum absolute atomic E-state index is 12.6. The highest BCUT2D eigenvalue weighted by Gasteiger charge is 2.41. The minimum absolute atomic E-state index is 0.0254. The number of nitrogens with two attached hydrogens (primary N) is 1.